The van der Waals surface area contributed by atoms with Gasteiger partial charge in [-0.3, -0.25) is 14.0 Å². The molecular formula is C31H43FN2O4. The predicted molar refractivity (Wildman–Crippen MR) is 149 cm³/mol. The zero-order chi connectivity index (χ0) is 27.0. The van der Waals surface area contributed by atoms with E-state index in [1.165, 1.54) is 12.8 Å². The maximum atomic E-state index is 12.8. The molecule has 1 fully saturated rings. The van der Waals surface area contributed by atoms with Crippen LogP contribution in [0.4, 0.5) is 4.39 Å². The van der Waals surface area contributed by atoms with Gasteiger partial charge in [0.25, 0.3) is 0 Å². The lowest BCUT2D eigenvalue weighted by molar-refractivity contribution is -0.122. The van der Waals surface area contributed by atoms with Crippen molar-refractivity contribution in [1.29, 1.82) is 0 Å². The Kier molecular flexibility index (Phi) is 13.1. The molecule has 0 aromatic heterocycles. The van der Waals surface area contributed by atoms with Gasteiger partial charge in [-0.1, -0.05) is 18.6 Å². The lowest BCUT2D eigenvalue weighted by atomic mass is 10.0. The minimum absolute atomic E-state index is 0.0496. The number of hydrogen-bond donors (Lipinski definition) is 1. The Balaban J connectivity index is 1.40. The maximum Gasteiger partial charge on any atom is 0.220 e. The quantitative estimate of drug-likeness (QED) is 0.197. The molecule has 1 atom stereocenters. The number of ether oxygens (including phenoxy) is 2. The molecule has 1 saturated heterocycles. The highest BCUT2D eigenvalue weighted by Gasteiger charge is 2.20. The molecule has 6 nitrogen and oxygen atoms in total. The summed E-state index contributed by atoms with van der Waals surface area (Å²) in [6.45, 7) is 3.23. The van der Waals surface area contributed by atoms with Gasteiger partial charge in [0.2, 0.25) is 5.91 Å². The number of carbonyl (C=O) groups excluding carboxylic acids is 2. The molecule has 208 valence electrons. The number of Topliss-reactive ketones (excluding diaryl/α,β-unsaturated/α-hetero) is 1. The number of carbonyl (C=O) groups is 2. The number of unbranched alkanes of at least 4 members (excludes halogenated alkanes) is 3. The second-order valence-electron chi connectivity index (χ2n) is 10.1. The Bertz CT molecular complexity index is 959. The number of alkyl halides is 1. The van der Waals surface area contributed by atoms with E-state index in [-0.39, 0.29) is 24.4 Å². The number of nitrogens with zero attached hydrogens (tertiary/aromatic N) is 1. The normalized spacial score (nSPS) is 14.3. The van der Waals surface area contributed by atoms with Crippen LogP contribution in [0.2, 0.25) is 0 Å². The second kappa shape index (κ2) is 16.8. The van der Waals surface area contributed by atoms with Crippen LogP contribution in [0.1, 0.15) is 73.7 Å². The predicted octanol–water partition coefficient (Wildman–Crippen LogP) is 5.78. The Hall–Kier alpha value is -2.93. The number of nitrogens with one attached hydrogen (secondary N) is 1. The molecule has 0 radical (unpaired) electrons. The Morgan fingerprint density at radius 3 is 2.26 bits per heavy atom. The zero-order valence-corrected chi connectivity index (χ0v) is 22.8. The number of benzene rings is 2. The van der Waals surface area contributed by atoms with E-state index in [2.05, 4.69) is 10.2 Å². The highest BCUT2D eigenvalue weighted by molar-refractivity contribution is 5.96. The molecule has 1 heterocycles. The summed E-state index contributed by atoms with van der Waals surface area (Å²) in [5, 5.41) is 3.27. The molecule has 1 N–H and O–H groups in total. The lowest BCUT2D eigenvalue weighted by Gasteiger charge is -2.25. The highest BCUT2D eigenvalue weighted by Crippen LogP contribution is 2.17. The number of methoxy groups -OCH3 is 1. The topological polar surface area (TPSA) is 67.9 Å². The van der Waals surface area contributed by atoms with E-state index in [0.29, 0.717) is 37.9 Å². The van der Waals surface area contributed by atoms with Gasteiger partial charge in [-0.15, -0.1) is 0 Å². The molecule has 0 unspecified atom stereocenters. The SMILES string of the molecule is COc1ccc(C(=O)CCCCCC(=O)N[C@@H](Cc2ccc(OCCCCF)cc2)CN2CCCC2)cc1. The molecular weight excluding hydrogens is 483 g/mol. The van der Waals surface area contributed by atoms with Crippen LogP contribution in [0.3, 0.4) is 0 Å². The van der Waals surface area contributed by atoms with Crippen LogP contribution in [0.25, 0.3) is 0 Å². The van der Waals surface area contributed by atoms with E-state index in [4.69, 9.17) is 9.47 Å². The fourth-order valence-electron chi connectivity index (χ4n) is 4.80. The Morgan fingerprint density at radius 2 is 1.58 bits per heavy atom. The summed E-state index contributed by atoms with van der Waals surface area (Å²) >= 11 is 0. The summed E-state index contributed by atoms with van der Waals surface area (Å²) in [5.74, 6) is 1.73. The first-order valence-corrected chi connectivity index (χ1v) is 14.0. The van der Waals surface area contributed by atoms with Crippen molar-refractivity contribution in [2.24, 2.45) is 0 Å². The van der Waals surface area contributed by atoms with Crippen molar-refractivity contribution in [1.82, 2.24) is 10.2 Å². The van der Waals surface area contributed by atoms with Crippen LogP contribution in [0.15, 0.2) is 48.5 Å². The Morgan fingerprint density at radius 1 is 0.895 bits per heavy atom. The van der Waals surface area contributed by atoms with Crippen LogP contribution >= 0.6 is 0 Å². The van der Waals surface area contributed by atoms with Crippen LogP contribution < -0.4 is 14.8 Å². The van der Waals surface area contributed by atoms with Crippen LogP contribution in [-0.4, -0.2) is 62.7 Å². The summed E-state index contributed by atoms with van der Waals surface area (Å²) in [7, 11) is 1.61. The van der Waals surface area contributed by atoms with Crippen LogP contribution in [-0.2, 0) is 11.2 Å². The molecule has 7 heteroatoms. The van der Waals surface area contributed by atoms with Crippen molar-refractivity contribution in [3.8, 4) is 11.5 Å². The van der Waals surface area contributed by atoms with Gasteiger partial charge in [0.05, 0.1) is 20.4 Å². The molecule has 1 aliphatic rings. The monoisotopic (exact) mass is 526 g/mol. The zero-order valence-electron chi connectivity index (χ0n) is 22.8. The lowest BCUT2D eigenvalue weighted by Crippen LogP contribution is -2.44. The minimum Gasteiger partial charge on any atom is -0.497 e. The first kappa shape index (κ1) is 29.6. The van der Waals surface area contributed by atoms with Crippen molar-refractivity contribution in [2.75, 3.05) is 40.0 Å². The average molecular weight is 527 g/mol. The third-order valence-corrected chi connectivity index (χ3v) is 6.96. The first-order valence-electron chi connectivity index (χ1n) is 14.0. The van der Waals surface area contributed by atoms with Crippen molar-refractivity contribution in [3.63, 3.8) is 0 Å². The molecule has 1 aliphatic heterocycles. The molecule has 38 heavy (non-hydrogen) atoms. The van der Waals surface area contributed by atoms with Crippen LogP contribution in [0.5, 0.6) is 11.5 Å². The fraction of sp³-hybridized carbons (Fsp3) is 0.548. The molecule has 0 aliphatic carbocycles. The summed E-state index contributed by atoms with van der Waals surface area (Å²) in [6.07, 6.45) is 7.78. The fourth-order valence-corrected chi connectivity index (χ4v) is 4.80. The number of ketones is 1. The summed E-state index contributed by atoms with van der Waals surface area (Å²) < 4.78 is 23.1. The first-order chi connectivity index (χ1) is 18.6. The molecule has 2 aromatic rings. The summed E-state index contributed by atoms with van der Waals surface area (Å²) in [5.41, 5.74) is 1.85. The van der Waals surface area contributed by atoms with Gasteiger partial charge in [-0.25, -0.2) is 0 Å². The Labute approximate surface area is 226 Å². The number of amides is 1. The summed E-state index contributed by atoms with van der Waals surface area (Å²) in [4.78, 5) is 27.6. The minimum atomic E-state index is -0.309. The third-order valence-electron chi connectivity index (χ3n) is 6.96. The van der Waals surface area contributed by atoms with Gasteiger partial charge in [-0.05, 0) is 100.0 Å². The standard InChI is InChI=1S/C31H43FN2O4/c1-37-28-17-13-26(14-18-28)30(35)9-3-2-4-10-31(36)33-27(24-34-20-6-7-21-34)23-25-11-15-29(16-12-25)38-22-8-5-19-32/h11-18,27H,2-10,19-24H2,1H3,(H,33,36)/t27-/m0/s1. The number of likely N-dealkylation sites (tertiary alicyclic amines) is 1. The van der Waals surface area contributed by atoms with E-state index in [1.54, 1.807) is 31.4 Å². The largest absolute Gasteiger partial charge is 0.497 e. The van der Waals surface area contributed by atoms with E-state index >= 15 is 0 Å². The van der Waals surface area contributed by atoms with E-state index < -0.39 is 0 Å². The van der Waals surface area contributed by atoms with Gasteiger partial charge in [0, 0.05) is 31.0 Å². The number of halogens is 1. The molecule has 2 aromatic carbocycles. The van der Waals surface area contributed by atoms with E-state index in [1.807, 2.05) is 24.3 Å². The van der Waals surface area contributed by atoms with Crippen molar-refractivity contribution in [3.05, 3.63) is 59.7 Å². The van der Waals surface area contributed by atoms with Gasteiger partial charge >= 0.3 is 0 Å². The molecule has 0 bridgehead atoms. The maximum absolute atomic E-state index is 12.8. The van der Waals surface area contributed by atoms with Gasteiger partial charge < -0.3 is 19.7 Å². The average Bonchev–Trinajstić information content (AvgIpc) is 3.45. The number of rotatable bonds is 18. The van der Waals surface area contributed by atoms with Crippen molar-refractivity contribution < 1.29 is 23.5 Å². The van der Waals surface area contributed by atoms with Crippen LogP contribution in [0, 0.1) is 0 Å². The molecule has 0 spiro atoms. The summed E-state index contributed by atoms with van der Waals surface area (Å²) in [6, 6.07) is 15.2. The molecule has 3 rings (SSSR count). The van der Waals surface area contributed by atoms with E-state index in [9.17, 15) is 14.0 Å². The van der Waals surface area contributed by atoms with Crippen molar-refractivity contribution >= 4 is 11.7 Å². The van der Waals surface area contributed by atoms with E-state index in [0.717, 1.165) is 62.4 Å². The molecule has 1 amide bonds. The van der Waals surface area contributed by atoms with Gasteiger partial charge in [0.15, 0.2) is 5.78 Å². The smallest absolute Gasteiger partial charge is 0.220 e. The van der Waals surface area contributed by atoms with Crippen molar-refractivity contribution in [2.45, 2.75) is 70.3 Å². The highest BCUT2D eigenvalue weighted by atomic mass is 19.1. The second-order valence-corrected chi connectivity index (χ2v) is 10.1. The van der Waals surface area contributed by atoms with Gasteiger partial charge in [0.1, 0.15) is 11.5 Å². The third kappa shape index (κ3) is 10.8. The van der Waals surface area contributed by atoms with Gasteiger partial charge in [-0.2, -0.15) is 0 Å². The molecule has 0 saturated carbocycles. The number of hydrogen-bond acceptors (Lipinski definition) is 5.